The van der Waals surface area contributed by atoms with Crippen molar-refractivity contribution in [1.29, 1.82) is 0 Å². The first-order valence-electron chi connectivity index (χ1n) is 7.66. The quantitative estimate of drug-likeness (QED) is 0.590. The number of rotatable bonds is 2. The monoisotopic (exact) mass is 301 g/mol. The third kappa shape index (κ3) is 4.27. The second-order valence-corrected chi connectivity index (χ2v) is 5.35. The van der Waals surface area contributed by atoms with Gasteiger partial charge < -0.3 is 4.98 Å². The molecule has 2 heterocycles. The Bertz CT molecular complexity index is 801. The first kappa shape index (κ1) is 15.0. The maximum Gasteiger partial charge on any atom is 0.110 e. The van der Waals surface area contributed by atoms with Gasteiger partial charge in [-0.3, -0.25) is 4.98 Å². The van der Waals surface area contributed by atoms with Crippen molar-refractivity contribution in [2.24, 2.45) is 0 Å². The fourth-order valence-corrected chi connectivity index (χ4v) is 2.36. The van der Waals surface area contributed by atoms with Gasteiger partial charge in [-0.05, 0) is 24.6 Å². The molecule has 2 aromatic carbocycles. The van der Waals surface area contributed by atoms with Crippen molar-refractivity contribution < 1.29 is 0 Å². The molecule has 0 spiro atoms. The van der Waals surface area contributed by atoms with E-state index in [1.54, 1.807) is 0 Å². The number of hydrogen-bond acceptors (Lipinski definition) is 2. The van der Waals surface area contributed by atoms with Gasteiger partial charge in [-0.2, -0.15) is 0 Å². The van der Waals surface area contributed by atoms with Gasteiger partial charge >= 0.3 is 0 Å². The summed E-state index contributed by atoms with van der Waals surface area (Å²) < 4.78 is 0. The molecule has 1 N–H and O–H groups in total. The lowest BCUT2D eigenvalue weighted by Crippen LogP contribution is -1.89. The molecule has 4 rings (SSSR count). The molecule has 4 aromatic rings. The van der Waals surface area contributed by atoms with E-state index in [1.165, 1.54) is 10.9 Å². The lowest BCUT2D eigenvalue weighted by Gasteiger charge is -1.96. The van der Waals surface area contributed by atoms with Crippen LogP contribution in [0.5, 0.6) is 0 Å². The minimum atomic E-state index is 0.884. The van der Waals surface area contributed by atoms with Crippen LogP contribution in [0.3, 0.4) is 0 Å². The Hall–Kier alpha value is -2.94. The first-order valence-corrected chi connectivity index (χ1v) is 7.66. The van der Waals surface area contributed by atoms with Crippen molar-refractivity contribution in [3.63, 3.8) is 0 Å². The molecule has 23 heavy (non-hydrogen) atoms. The topological polar surface area (TPSA) is 41.6 Å². The van der Waals surface area contributed by atoms with Crippen LogP contribution < -0.4 is 0 Å². The lowest BCUT2D eigenvalue weighted by molar-refractivity contribution is 1.02. The van der Waals surface area contributed by atoms with E-state index in [2.05, 4.69) is 39.2 Å². The molecule has 0 aliphatic heterocycles. The number of H-pyrrole nitrogens is 1. The van der Waals surface area contributed by atoms with E-state index in [0.29, 0.717) is 0 Å². The molecule has 0 amide bonds. The summed E-state index contributed by atoms with van der Waals surface area (Å²) in [5.74, 6) is 1.03. The Balaban J connectivity index is 0.000000140. The minimum absolute atomic E-state index is 0.884. The van der Waals surface area contributed by atoms with E-state index in [1.807, 2.05) is 61.8 Å². The Morgan fingerprint density at radius 3 is 2.35 bits per heavy atom. The smallest absolute Gasteiger partial charge is 0.110 e. The number of imidazole rings is 1. The third-order valence-corrected chi connectivity index (χ3v) is 3.49. The number of nitrogens with one attached hydrogen (secondary N) is 1. The summed E-state index contributed by atoms with van der Waals surface area (Å²) in [5.41, 5.74) is 3.40. The summed E-state index contributed by atoms with van der Waals surface area (Å²) in [7, 11) is 0. The molecule has 0 saturated heterocycles. The molecular formula is C20H19N3. The summed E-state index contributed by atoms with van der Waals surface area (Å²) >= 11 is 0. The average Bonchev–Trinajstić information content (AvgIpc) is 3.01. The van der Waals surface area contributed by atoms with Crippen molar-refractivity contribution >= 4 is 10.9 Å². The lowest BCUT2D eigenvalue weighted by atomic mass is 10.1. The summed E-state index contributed by atoms with van der Waals surface area (Å²) in [6, 6.07) is 22.4. The van der Waals surface area contributed by atoms with Crippen LogP contribution in [0.25, 0.3) is 10.9 Å². The van der Waals surface area contributed by atoms with Crippen LogP contribution in [0.15, 0.2) is 79.1 Å². The predicted octanol–water partition coefficient (Wildman–Crippen LogP) is 4.54. The molecular weight excluding hydrogens is 282 g/mol. The molecule has 2 aromatic heterocycles. The van der Waals surface area contributed by atoms with Crippen LogP contribution in [-0.4, -0.2) is 15.0 Å². The number of aryl methyl sites for hydroxylation is 1. The maximum absolute atomic E-state index is 4.35. The van der Waals surface area contributed by atoms with Gasteiger partial charge in [-0.25, -0.2) is 4.98 Å². The molecule has 0 aliphatic carbocycles. The summed E-state index contributed by atoms with van der Waals surface area (Å²) in [6.07, 6.45) is 4.62. The molecule has 0 radical (unpaired) electrons. The Morgan fingerprint density at radius 2 is 1.61 bits per heavy atom. The van der Waals surface area contributed by atoms with Gasteiger partial charge in [0, 0.05) is 24.2 Å². The summed E-state index contributed by atoms with van der Waals surface area (Å²) in [6.45, 7) is 1.99. The Kier molecular flexibility index (Phi) is 4.79. The SMILES string of the molecule is Cc1c[nH]c(Cc2ccccc2)n1.c1ccc2ncccc2c1. The standard InChI is InChI=1S/C11H12N2.C9H7N/c1-9-8-12-11(13-9)7-10-5-3-2-4-6-10;1-2-6-9-8(4-1)5-3-7-10-9/h2-6,8H,7H2,1H3,(H,12,13);1-7H. The minimum Gasteiger partial charge on any atom is -0.348 e. The highest BCUT2D eigenvalue weighted by Gasteiger charge is 1.98. The normalized spacial score (nSPS) is 10.1. The number of hydrogen-bond donors (Lipinski definition) is 1. The van der Waals surface area contributed by atoms with Gasteiger partial charge in [-0.1, -0.05) is 54.6 Å². The van der Waals surface area contributed by atoms with E-state index < -0.39 is 0 Å². The fraction of sp³-hybridized carbons (Fsp3) is 0.100. The van der Waals surface area contributed by atoms with Crippen LogP contribution in [0.4, 0.5) is 0 Å². The van der Waals surface area contributed by atoms with E-state index >= 15 is 0 Å². The molecule has 0 saturated carbocycles. The molecule has 0 aliphatic rings. The van der Waals surface area contributed by atoms with Gasteiger partial charge in [0.15, 0.2) is 0 Å². The number of pyridine rings is 1. The van der Waals surface area contributed by atoms with Crippen molar-refractivity contribution in [3.05, 3.63) is 96.2 Å². The second-order valence-electron chi connectivity index (χ2n) is 5.35. The fourth-order valence-electron chi connectivity index (χ4n) is 2.36. The number of aromatic amines is 1. The van der Waals surface area contributed by atoms with Crippen molar-refractivity contribution in [2.45, 2.75) is 13.3 Å². The van der Waals surface area contributed by atoms with E-state index in [0.717, 1.165) is 23.5 Å². The molecule has 3 heteroatoms. The zero-order chi connectivity index (χ0) is 15.9. The Morgan fingerprint density at radius 1 is 0.870 bits per heavy atom. The van der Waals surface area contributed by atoms with Gasteiger partial charge in [0.1, 0.15) is 5.82 Å². The van der Waals surface area contributed by atoms with Crippen LogP contribution in [0.2, 0.25) is 0 Å². The molecule has 3 nitrogen and oxygen atoms in total. The largest absolute Gasteiger partial charge is 0.348 e. The zero-order valence-corrected chi connectivity index (χ0v) is 13.1. The van der Waals surface area contributed by atoms with E-state index in [-0.39, 0.29) is 0 Å². The van der Waals surface area contributed by atoms with Crippen LogP contribution >= 0.6 is 0 Å². The molecule has 0 bridgehead atoms. The number of nitrogens with zero attached hydrogens (tertiary/aromatic N) is 2. The predicted molar refractivity (Wildman–Crippen MR) is 94.3 cm³/mol. The summed E-state index contributed by atoms with van der Waals surface area (Å²) in [5, 5.41) is 1.20. The van der Waals surface area contributed by atoms with Crippen LogP contribution in [0.1, 0.15) is 17.1 Å². The van der Waals surface area contributed by atoms with E-state index in [4.69, 9.17) is 0 Å². The van der Waals surface area contributed by atoms with Crippen LogP contribution in [0, 0.1) is 6.92 Å². The highest BCUT2D eigenvalue weighted by Crippen LogP contribution is 2.08. The van der Waals surface area contributed by atoms with Gasteiger partial charge in [-0.15, -0.1) is 0 Å². The zero-order valence-electron chi connectivity index (χ0n) is 13.1. The highest BCUT2D eigenvalue weighted by molar-refractivity contribution is 5.77. The molecule has 114 valence electrons. The molecule has 0 atom stereocenters. The van der Waals surface area contributed by atoms with Crippen molar-refractivity contribution in [2.75, 3.05) is 0 Å². The number of aromatic nitrogens is 3. The average molecular weight is 301 g/mol. The number of fused-ring (bicyclic) bond motifs is 1. The Labute approximate surface area is 136 Å². The van der Waals surface area contributed by atoms with Gasteiger partial charge in [0.05, 0.1) is 11.2 Å². The first-order chi connectivity index (χ1) is 11.3. The summed E-state index contributed by atoms with van der Waals surface area (Å²) in [4.78, 5) is 11.7. The second kappa shape index (κ2) is 7.36. The van der Waals surface area contributed by atoms with E-state index in [9.17, 15) is 0 Å². The highest BCUT2D eigenvalue weighted by atomic mass is 14.9. The molecule has 0 unspecified atom stereocenters. The number of benzene rings is 2. The van der Waals surface area contributed by atoms with Crippen LogP contribution in [-0.2, 0) is 6.42 Å². The van der Waals surface area contributed by atoms with Crippen molar-refractivity contribution in [1.82, 2.24) is 15.0 Å². The number of para-hydroxylation sites is 1. The third-order valence-electron chi connectivity index (χ3n) is 3.49. The van der Waals surface area contributed by atoms with Gasteiger partial charge in [0.2, 0.25) is 0 Å². The van der Waals surface area contributed by atoms with Crippen molar-refractivity contribution in [3.8, 4) is 0 Å². The maximum atomic E-state index is 4.35. The molecule has 0 fully saturated rings. The van der Waals surface area contributed by atoms with Gasteiger partial charge in [0.25, 0.3) is 0 Å².